The number of rotatable bonds is 5. The summed E-state index contributed by atoms with van der Waals surface area (Å²) in [6.45, 7) is 0. The standard InChI is InChI=1S/C39H25ClF3N3O2S/c40-32-7-3-4-8-33(32)46-34(21-36(45-46)39(41,42)43)23-9-11-24(12-10-23)37(48)44-38-29(17-18-49-38)31-20-30-25(19-35(31)47)14-16-27-26-6-2-1-5-22(26)13-15-28(27)30/h1-18,21,31H,19-20H2,(H,44,48). The molecule has 1 amide bonds. The lowest BCUT2D eigenvalue weighted by atomic mass is 9.77. The van der Waals surface area contributed by atoms with Crippen molar-refractivity contribution in [1.29, 1.82) is 0 Å². The molecular formula is C39H25ClF3N3O2S. The van der Waals surface area contributed by atoms with Gasteiger partial charge in [-0.05, 0) is 86.4 Å². The number of fused-ring (bicyclic) bond motifs is 5. The van der Waals surface area contributed by atoms with Crippen molar-refractivity contribution in [3.05, 3.63) is 148 Å². The second-order valence-corrected chi connectivity index (χ2v) is 13.3. The molecule has 5 nitrogen and oxygen atoms in total. The largest absolute Gasteiger partial charge is 0.435 e. The van der Waals surface area contributed by atoms with E-state index in [1.165, 1.54) is 16.7 Å². The van der Waals surface area contributed by atoms with Gasteiger partial charge in [0.25, 0.3) is 5.91 Å². The number of halogens is 4. The molecule has 1 aliphatic carbocycles. The number of ketones is 1. The van der Waals surface area contributed by atoms with E-state index in [2.05, 4.69) is 46.8 Å². The fourth-order valence-corrected chi connectivity index (χ4v) is 7.77. The lowest BCUT2D eigenvalue weighted by Gasteiger charge is -2.26. The number of amides is 1. The van der Waals surface area contributed by atoms with Gasteiger partial charge >= 0.3 is 6.18 Å². The van der Waals surface area contributed by atoms with Crippen LogP contribution >= 0.6 is 22.9 Å². The first-order valence-corrected chi connectivity index (χ1v) is 16.8. The van der Waals surface area contributed by atoms with Crippen LogP contribution in [0.15, 0.2) is 115 Å². The van der Waals surface area contributed by atoms with Gasteiger partial charge in [0, 0.05) is 23.5 Å². The van der Waals surface area contributed by atoms with Crippen LogP contribution in [0.25, 0.3) is 38.5 Å². The summed E-state index contributed by atoms with van der Waals surface area (Å²) >= 11 is 7.66. The first-order chi connectivity index (χ1) is 23.7. The molecule has 10 heteroatoms. The van der Waals surface area contributed by atoms with Gasteiger partial charge in [-0.25, -0.2) is 4.68 Å². The number of nitrogens with zero attached hydrogens (tertiary/aromatic N) is 2. The van der Waals surface area contributed by atoms with E-state index in [0.717, 1.165) is 43.6 Å². The second-order valence-electron chi connectivity index (χ2n) is 12.0. The second kappa shape index (κ2) is 12.0. The van der Waals surface area contributed by atoms with E-state index in [9.17, 15) is 22.8 Å². The van der Waals surface area contributed by atoms with Gasteiger partial charge in [-0.1, -0.05) is 84.4 Å². The summed E-state index contributed by atoms with van der Waals surface area (Å²) in [7, 11) is 0. The number of para-hydroxylation sites is 1. The van der Waals surface area contributed by atoms with E-state index in [1.807, 2.05) is 23.6 Å². The van der Waals surface area contributed by atoms with Crippen LogP contribution < -0.4 is 5.32 Å². The third kappa shape index (κ3) is 5.58. The van der Waals surface area contributed by atoms with Crippen LogP contribution in [0.4, 0.5) is 18.2 Å². The van der Waals surface area contributed by atoms with Gasteiger partial charge in [-0.3, -0.25) is 9.59 Å². The number of carbonyl (C=O) groups excluding carboxylic acids is 2. The molecule has 49 heavy (non-hydrogen) atoms. The first kappa shape index (κ1) is 31.0. The lowest BCUT2D eigenvalue weighted by Crippen LogP contribution is -2.24. The highest BCUT2D eigenvalue weighted by atomic mass is 35.5. The van der Waals surface area contributed by atoms with Crippen molar-refractivity contribution in [1.82, 2.24) is 9.78 Å². The Hall–Kier alpha value is -5.25. The summed E-state index contributed by atoms with van der Waals surface area (Å²) in [4.78, 5) is 27.0. The lowest BCUT2D eigenvalue weighted by molar-refractivity contribution is -0.141. The Morgan fingerprint density at radius 2 is 1.63 bits per heavy atom. The Morgan fingerprint density at radius 3 is 2.43 bits per heavy atom. The van der Waals surface area contributed by atoms with Gasteiger partial charge in [0.05, 0.1) is 21.4 Å². The summed E-state index contributed by atoms with van der Waals surface area (Å²) in [5.74, 6) is -0.716. The number of nitrogens with one attached hydrogen (secondary N) is 1. The molecule has 0 aliphatic heterocycles. The predicted octanol–water partition coefficient (Wildman–Crippen LogP) is 10.3. The van der Waals surface area contributed by atoms with Crippen LogP contribution in [0.1, 0.15) is 38.7 Å². The maximum absolute atomic E-state index is 13.7. The molecule has 0 spiro atoms. The zero-order chi connectivity index (χ0) is 33.9. The molecule has 2 aromatic heterocycles. The van der Waals surface area contributed by atoms with E-state index in [4.69, 9.17) is 11.6 Å². The third-order valence-electron chi connectivity index (χ3n) is 9.12. The zero-order valence-corrected chi connectivity index (χ0v) is 27.2. The number of alkyl halides is 3. The number of hydrogen-bond acceptors (Lipinski definition) is 4. The smallest absolute Gasteiger partial charge is 0.313 e. The molecule has 0 radical (unpaired) electrons. The third-order valence-corrected chi connectivity index (χ3v) is 10.3. The molecule has 1 aliphatic rings. The molecule has 2 heterocycles. The highest BCUT2D eigenvalue weighted by Crippen LogP contribution is 2.41. The van der Waals surface area contributed by atoms with Gasteiger partial charge in [0.1, 0.15) is 5.78 Å². The number of anilines is 1. The first-order valence-electron chi connectivity index (χ1n) is 15.5. The molecule has 8 rings (SSSR count). The average Bonchev–Trinajstić information content (AvgIpc) is 3.76. The highest BCUT2D eigenvalue weighted by Gasteiger charge is 2.36. The topological polar surface area (TPSA) is 64.0 Å². The molecule has 1 N–H and O–H groups in total. The number of thiophene rings is 1. The van der Waals surface area contributed by atoms with Crippen LogP contribution in [0.3, 0.4) is 0 Å². The number of carbonyl (C=O) groups is 2. The van der Waals surface area contributed by atoms with Gasteiger partial charge in [-0.2, -0.15) is 18.3 Å². The molecule has 5 aromatic carbocycles. The Balaban J connectivity index is 1.07. The SMILES string of the molecule is O=C(Nc1sccc1C1Cc2c(ccc3c2ccc2ccccc23)CC1=O)c1ccc(-c2cc(C(F)(F)F)nn2-c2ccccc2Cl)cc1. The maximum Gasteiger partial charge on any atom is 0.435 e. The molecule has 1 unspecified atom stereocenters. The minimum Gasteiger partial charge on any atom is -0.313 e. The van der Waals surface area contributed by atoms with E-state index in [0.29, 0.717) is 34.7 Å². The van der Waals surface area contributed by atoms with Crippen molar-refractivity contribution >= 4 is 61.2 Å². The summed E-state index contributed by atoms with van der Waals surface area (Å²) in [5, 5.41) is 14.1. The van der Waals surface area contributed by atoms with Crippen molar-refractivity contribution in [2.24, 2.45) is 0 Å². The fourth-order valence-electron chi connectivity index (χ4n) is 6.71. The summed E-state index contributed by atoms with van der Waals surface area (Å²) < 4.78 is 42.2. The Labute approximate surface area is 287 Å². The normalized spacial score (nSPS) is 14.7. The molecule has 1 atom stereocenters. The van der Waals surface area contributed by atoms with Crippen LogP contribution in [-0.2, 0) is 23.8 Å². The van der Waals surface area contributed by atoms with E-state index >= 15 is 0 Å². The Bertz CT molecular complexity index is 2430. The number of aromatic nitrogens is 2. The van der Waals surface area contributed by atoms with Gasteiger partial charge < -0.3 is 5.32 Å². The predicted molar refractivity (Wildman–Crippen MR) is 188 cm³/mol. The van der Waals surface area contributed by atoms with Crippen molar-refractivity contribution in [3.63, 3.8) is 0 Å². The monoisotopic (exact) mass is 691 g/mol. The minimum absolute atomic E-state index is 0.0965. The average molecular weight is 692 g/mol. The summed E-state index contributed by atoms with van der Waals surface area (Å²) in [6, 6.07) is 32.3. The molecular weight excluding hydrogens is 667 g/mol. The van der Waals surface area contributed by atoms with Crippen LogP contribution in [0, 0.1) is 0 Å². The highest BCUT2D eigenvalue weighted by molar-refractivity contribution is 7.14. The van der Waals surface area contributed by atoms with E-state index < -0.39 is 23.7 Å². The summed E-state index contributed by atoms with van der Waals surface area (Å²) in [6.07, 6.45) is -3.83. The minimum atomic E-state index is -4.66. The quantitative estimate of drug-likeness (QED) is 0.183. The van der Waals surface area contributed by atoms with Crippen LogP contribution in [-0.4, -0.2) is 21.5 Å². The molecule has 0 saturated heterocycles. The summed E-state index contributed by atoms with van der Waals surface area (Å²) in [5.41, 5.74) is 3.08. The number of benzene rings is 5. The number of hydrogen-bond donors (Lipinski definition) is 1. The molecule has 242 valence electrons. The maximum atomic E-state index is 13.7. The van der Waals surface area contributed by atoms with Gasteiger partial charge in [-0.15, -0.1) is 11.3 Å². The van der Waals surface area contributed by atoms with Crippen molar-refractivity contribution < 1.29 is 22.8 Å². The molecule has 0 bridgehead atoms. The number of Topliss-reactive ketones (excluding diaryl/α,β-unsaturated/α-hetero) is 1. The Morgan fingerprint density at radius 1 is 0.878 bits per heavy atom. The fraction of sp³-hybridized carbons (Fsp3) is 0.103. The Kier molecular flexibility index (Phi) is 7.61. The molecule has 0 fully saturated rings. The van der Waals surface area contributed by atoms with Crippen molar-refractivity contribution in [2.45, 2.75) is 24.9 Å². The zero-order valence-electron chi connectivity index (χ0n) is 25.6. The van der Waals surface area contributed by atoms with Crippen molar-refractivity contribution in [2.75, 3.05) is 5.32 Å². The van der Waals surface area contributed by atoms with E-state index in [-0.39, 0.29) is 16.5 Å². The molecule has 7 aromatic rings. The van der Waals surface area contributed by atoms with Crippen LogP contribution in [0.2, 0.25) is 5.02 Å². The van der Waals surface area contributed by atoms with Gasteiger partial charge in [0.2, 0.25) is 0 Å². The van der Waals surface area contributed by atoms with Crippen molar-refractivity contribution in [3.8, 4) is 16.9 Å². The van der Waals surface area contributed by atoms with Crippen LogP contribution in [0.5, 0.6) is 0 Å². The van der Waals surface area contributed by atoms with E-state index in [1.54, 1.807) is 48.5 Å². The van der Waals surface area contributed by atoms with Gasteiger partial charge in [0.15, 0.2) is 5.69 Å². The molecule has 0 saturated carbocycles.